The van der Waals surface area contributed by atoms with E-state index in [1.165, 1.54) is 15.7 Å². The number of nitrogens with zero attached hydrogens (tertiary/aromatic N) is 2. The Balaban J connectivity index is 2.48. The van der Waals surface area contributed by atoms with Crippen molar-refractivity contribution in [2.24, 2.45) is 0 Å². The van der Waals surface area contributed by atoms with Gasteiger partial charge in [-0.1, -0.05) is 34.1 Å². The molecular weight excluding hydrogens is 350 g/mol. The van der Waals surface area contributed by atoms with E-state index in [9.17, 15) is 8.42 Å². The molecule has 0 unspecified atom stereocenters. The first-order valence-corrected chi connectivity index (χ1v) is 7.89. The third kappa shape index (κ3) is 2.55. The normalized spacial score (nSPS) is 12.1. The summed E-state index contributed by atoms with van der Waals surface area (Å²) in [7, 11) is -3.70. The Kier molecular flexibility index (Phi) is 3.60. The summed E-state index contributed by atoms with van der Waals surface area (Å²) in [5.41, 5.74) is 0. The van der Waals surface area contributed by atoms with Gasteiger partial charge in [0.15, 0.2) is 15.1 Å². The van der Waals surface area contributed by atoms with Gasteiger partial charge in [0.2, 0.25) is 0 Å². The molecule has 0 aromatic carbocycles. The van der Waals surface area contributed by atoms with Gasteiger partial charge in [-0.15, -0.1) is 11.3 Å². The molecule has 0 atom stereocenters. The highest BCUT2D eigenvalue weighted by molar-refractivity contribution is 9.11. The van der Waals surface area contributed by atoms with E-state index in [0.717, 1.165) is 0 Å². The lowest BCUT2D eigenvalue weighted by molar-refractivity contribution is 0.580. The summed E-state index contributed by atoms with van der Waals surface area (Å²) in [4.78, 5) is 4.50. The molecule has 1 N–H and O–H groups in total. The quantitative estimate of drug-likeness (QED) is 0.914. The molecule has 0 saturated heterocycles. The molecule has 0 aliphatic carbocycles. The van der Waals surface area contributed by atoms with Gasteiger partial charge in [0, 0.05) is 22.6 Å². The topological polar surface area (TPSA) is 63.5 Å². The monoisotopic (exact) mass is 355 g/mol. The number of thiazole rings is 1. The van der Waals surface area contributed by atoms with Crippen LogP contribution in [0.3, 0.4) is 0 Å². The van der Waals surface area contributed by atoms with Crippen LogP contribution in [0.5, 0.6) is 0 Å². The highest BCUT2D eigenvalue weighted by Crippen LogP contribution is 2.25. The van der Waals surface area contributed by atoms with Crippen LogP contribution in [0.4, 0.5) is 0 Å². The minimum absolute atomic E-state index is 0.0375. The fourth-order valence-electron chi connectivity index (χ4n) is 1.22. The Morgan fingerprint density at radius 2 is 2.41 bits per heavy atom. The molecule has 0 bridgehead atoms. The molecule has 2 aromatic heterocycles. The Morgan fingerprint density at radius 3 is 3.06 bits per heavy atom. The molecule has 0 aliphatic rings. The summed E-state index contributed by atoms with van der Waals surface area (Å²) in [6, 6.07) is 0. The van der Waals surface area contributed by atoms with E-state index >= 15 is 0 Å². The van der Waals surface area contributed by atoms with E-state index < -0.39 is 10.0 Å². The molecule has 0 saturated carbocycles. The second-order valence-corrected chi connectivity index (χ2v) is 7.14. The molecule has 2 heterocycles. The first kappa shape index (κ1) is 13.0. The van der Waals surface area contributed by atoms with E-state index in [1.54, 1.807) is 11.6 Å². The van der Waals surface area contributed by atoms with Gasteiger partial charge in [-0.25, -0.2) is 18.1 Å². The standard InChI is InChI=1S/C8H7BrClN3O2S2/c1-5(9)4-11-17(14,15)7-6(10)12-8-13(7)2-3-16-8/h2-3,11H,1,4H2. The van der Waals surface area contributed by atoms with Crippen molar-refractivity contribution in [3.05, 3.63) is 27.8 Å². The first-order valence-electron chi connectivity index (χ1n) is 4.36. The van der Waals surface area contributed by atoms with Gasteiger partial charge in [-0.05, 0) is 0 Å². The largest absolute Gasteiger partial charge is 0.279 e. The average Bonchev–Trinajstić information content (AvgIpc) is 2.73. The molecule has 2 rings (SSSR count). The van der Waals surface area contributed by atoms with E-state index in [-0.39, 0.29) is 16.7 Å². The lowest BCUT2D eigenvalue weighted by Gasteiger charge is -2.04. The van der Waals surface area contributed by atoms with E-state index in [1.807, 2.05) is 0 Å². The first-order chi connectivity index (χ1) is 7.92. The Hall–Kier alpha value is -0.410. The van der Waals surface area contributed by atoms with Crippen LogP contribution in [-0.2, 0) is 10.0 Å². The van der Waals surface area contributed by atoms with Crippen molar-refractivity contribution in [2.45, 2.75) is 5.03 Å². The fourth-order valence-corrected chi connectivity index (χ4v) is 4.02. The van der Waals surface area contributed by atoms with Crippen LogP contribution in [0.2, 0.25) is 5.15 Å². The van der Waals surface area contributed by atoms with Crippen LogP contribution in [0.1, 0.15) is 0 Å². The molecule has 0 spiro atoms. The summed E-state index contributed by atoms with van der Waals surface area (Å²) in [5, 5.41) is 1.65. The van der Waals surface area contributed by atoms with Crippen LogP contribution in [0, 0.1) is 0 Å². The zero-order valence-corrected chi connectivity index (χ0v) is 12.3. The van der Waals surface area contributed by atoms with Crippen LogP contribution in [0.25, 0.3) is 4.96 Å². The van der Waals surface area contributed by atoms with Crippen LogP contribution in [-0.4, -0.2) is 24.3 Å². The van der Waals surface area contributed by atoms with Crippen molar-refractivity contribution in [2.75, 3.05) is 6.54 Å². The summed E-state index contributed by atoms with van der Waals surface area (Å²) in [5.74, 6) is 0. The lowest BCUT2D eigenvalue weighted by Crippen LogP contribution is -2.26. The number of fused-ring (bicyclic) bond motifs is 1. The number of halogens is 2. The van der Waals surface area contributed by atoms with E-state index in [2.05, 4.69) is 32.2 Å². The van der Waals surface area contributed by atoms with Crippen molar-refractivity contribution in [3.63, 3.8) is 0 Å². The zero-order valence-electron chi connectivity index (χ0n) is 8.35. The van der Waals surface area contributed by atoms with Crippen molar-refractivity contribution in [3.8, 4) is 0 Å². The number of sulfonamides is 1. The third-order valence-electron chi connectivity index (χ3n) is 1.89. The predicted molar refractivity (Wildman–Crippen MR) is 71.3 cm³/mol. The lowest BCUT2D eigenvalue weighted by atomic mass is 10.7. The molecule has 9 heteroatoms. The number of imidazole rings is 1. The van der Waals surface area contributed by atoms with E-state index in [4.69, 9.17) is 11.6 Å². The van der Waals surface area contributed by atoms with Gasteiger partial charge >= 0.3 is 0 Å². The van der Waals surface area contributed by atoms with Gasteiger partial charge in [0.1, 0.15) is 0 Å². The molecule has 0 radical (unpaired) electrons. The molecule has 92 valence electrons. The summed E-state index contributed by atoms with van der Waals surface area (Å²) in [6.07, 6.45) is 1.61. The number of rotatable bonds is 4. The van der Waals surface area contributed by atoms with Gasteiger partial charge in [0.25, 0.3) is 10.0 Å². The SMILES string of the molecule is C=C(Br)CNS(=O)(=O)c1c(Cl)nc2sccn12. The van der Waals surface area contributed by atoms with Crippen LogP contribution in [0.15, 0.2) is 27.7 Å². The minimum Gasteiger partial charge on any atom is -0.279 e. The minimum atomic E-state index is -3.70. The van der Waals surface area contributed by atoms with Crippen LogP contribution >= 0.6 is 38.9 Å². The van der Waals surface area contributed by atoms with Gasteiger partial charge in [0.05, 0.1) is 0 Å². The second kappa shape index (κ2) is 4.69. The van der Waals surface area contributed by atoms with Gasteiger partial charge in [-0.2, -0.15) is 0 Å². The molecule has 0 amide bonds. The van der Waals surface area contributed by atoms with Gasteiger partial charge in [-0.3, -0.25) is 4.40 Å². The highest BCUT2D eigenvalue weighted by Gasteiger charge is 2.24. The van der Waals surface area contributed by atoms with Crippen molar-refractivity contribution in [1.82, 2.24) is 14.1 Å². The fraction of sp³-hybridized carbons (Fsp3) is 0.125. The van der Waals surface area contributed by atoms with Gasteiger partial charge < -0.3 is 0 Å². The third-order valence-corrected chi connectivity index (χ3v) is 4.72. The molecular formula is C8H7BrClN3O2S2. The predicted octanol–water partition coefficient (Wildman–Crippen LogP) is 2.24. The summed E-state index contributed by atoms with van der Waals surface area (Å²) >= 11 is 10.2. The van der Waals surface area contributed by atoms with Crippen molar-refractivity contribution >= 4 is 53.9 Å². The van der Waals surface area contributed by atoms with E-state index in [0.29, 0.717) is 9.44 Å². The number of aromatic nitrogens is 2. The molecule has 0 fully saturated rings. The number of hydrogen-bond donors (Lipinski definition) is 1. The zero-order chi connectivity index (χ0) is 12.6. The number of hydrogen-bond acceptors (Lipinski definition) is 4. The second-order valence-electron chi connectivity index (χ2n) is 3.11. The highest BCUT2D eigenvalue weighted by atomic mass is 79.9. The maximum absolute atomic E-state index is 12.0. The molecule has 0 aliphatic heterocycles. The molecule has 5 nitrogen and oxygen atoms in total. The Bertz CT molecular complexity index is 676. The Morgan fingerprint density at radius 1 is 1.71 bits per heavy atom. The maximum Gasteiger partial charge on any atom is 0.260 e. The number of nitrogens with one attached hydrogen (secondary N) is 1. The molecule has 2 aromatic rings. The van der Waals surface area contributed by atoms with Crippen molar-refractivity contribution in [1.29, 1.82) is 0 Å². The maximum atomic E-state index is 12.0. The average molecular weight is 357 g/mol. The molecule has 17 heavy (non-hydrogen) atoms. The Labute approximate surface area is 115 Å². The van der Waals surface area contributed by atoms with Crippen LogP contribution < -0.4 is 4.72 Å². The van der Waals surface area contributed by atoms with Crippen molar-refractivity contribution < 1.29 is 8.42 Å². The summed E-state index contributed by atoms with van der Waals surface area (Å²) in [6.45, 7) is 3.64. The summed E-state index contributed by atoms with van der Waals surface area (Å²) < 4.78 is 28.4. The smallest absolute Gasteiger partial charge is 0.260 e.